The van der Waals surface area contributed by atoms with Gasteiger partial charge in [0.15, 0.2) is 5.66 Å². The molecule has 7 heteroatoms. The minimum Gasteiger partial charge on any atom is -0.303 e. The van der Waals surface area contributed by atoms with Crippen LogP contribution < -0.4 is 11.6 Å². The molecule has 1 heterocycles. The van der Waals surface area contributed by atoms with Crippen LogP contribution in [0.5, 0.6) is 0 Å². The van der Waals surface area contributed by atoms with Crippen molar-refractivity contribution in [3.05, 3.63) is 0 Å². The molecule has 0 spiro atoms. The summed E-state index contributed by atoms with van der Waals surface area (Å²) in [5, 5.41) is 1.19. The van der Waals surface area contributed by atoms with E-state index in [1.165, 1.54) is 5.01 Å². The number of carbonyl (C=O) groups is 2. The summed E-state index contributed by atoms with van der Waals surface area (Å²) in [7, 11) is 0. The van der Waals surface area contributed by atoms with Crippen LogP contribution in [0.3, 0.4) is 0 Å². The van der Waals surface area contributed by atoms with Gasteiger partial charge in [0.2, 0.25) is 0 Å². The van der Waals surface area contributed by atoms with Gasteiger partial charge in [-0.25, -0.2) is 24.4 Å². The molecule has 1 aliphatic rings. The second-order valence-electron chi connectivity index (χ2n) is 3.40. The highest BCUT2D eigenvalue weighted by molar-refractivity contribution is 5.80. The fraction of sp³-hybridized carbons (Fsp3) is 0.750. The zero-order valence-electron chi connectivity index (χ0n) is 8.56. The fourth-order valence-corrected chi connectivity index (χ4v) is 1.30. The summed E-state index contributed by atoms with van der Waals surface area (Å²) in [6.45, 7) is 2.09. The number of nitrogens with two attached hydrogens (primary N) is 2. The molecule has 0 saturated carbocycles. The minimum absolute atomic E-state index is 0.122. The predicted octanol–water partition coefficient (Wildman–Crippen LogP) is -0.978. The highest BCUT2D eigenvalue weighted by atomic mass is 17.2. The molecule has 7 nitrogen and oxygen atoms in total. The number of carbonyl (C=O) groups excluding carboxylic acids is 2. The molecular formula is C8H15N3O4. The summed E-state index contributed by atoms with van der Waals surface area (Å²) in [6.07, 6.45) is 1.20. The molecule has 0 radical (unpaired) electrons. The van der Waals surface area contributed by atoms with Gasteiger partial charge in [0.05, 0.1) is 0 Å². The quantitative estimate of drug-likeness (QED) is 0.347. The van der Waals surface area contributed by atoms with Gasteiger partial charge in [-0.3, -0.25) is 5.84 Å². The lowest BCUT2D eigenvalue weighted by atomic mass is 10.1. The molecule has 0 aromatic rings. The molecule has 1 fully saturated rings. The molecule has 1 atom stereocenters. The average Bonchev–Trinajstić information content (AvgIpc) is 2.56. The van der Waals surface area contributed by atoms with Crippen molar-refractivity contribution >= 4 is 11.9 Å². The molecule has 1 saturated heterocycles. The molecule has 0 aromatic heterocycles. The highest BCUT2D eigenvalue weighted by Gasteiger charge is 2.45. The standard InChI is InChI=1S/C8H15N3O4/c1-2-6(12)14-15-7(13)8(9)4-3-5-11(8)10/h2-5,9-10H2,1H3. The van der Waals surface area contributed by atoms with Crippen molar-refractivity contribution in [3.8, 4) is 0 Å². The van der Waals surface area contributed by atoms with Gasteiger partial charge in [0.1, 0.15) is 0 Å². The lowest BCUT2D eigenvalue weighted by Gasteiger charge is -2.27. The maximum atomic E-state index is 11.5. The van der Waals surface area contributed by atoms with Gasteiger partial charge >= 0.3 is 11.9 Å². The summed E-state index contributed by atoms with van der Waals surface area (Å²) >= 11 is 0. The van der Waals surface area contributed by atoms with Gasteiger partial charge in [0.25, 0.3) is 0 Å². The third kappa shape index (κ3) is 2.44. The smallest absolute Gasteiger partial charge is 0.303 e. The van der Waals surface area contributed by atoms with Crippen LogP contribution in [0.25, 0.3) is 0 Å². The molecular weight excluding hydrogens is 202 g/mol. The van der Waals surface area contributed by atoms with Crippen molar-refractivity contribution < 1.29 is 19.4 Å². The summed E-state index contributed by atoms with van der Waals surface area (Å²) in [6, 6.07) is 0. The Bertz CT molecular complexity index is 271. The first-order valence-corrected chi connectivity index (χ1v) is 4.73. The van der Waals surface area contributed by atoms with Crippen LogP contribution in [0.15, 0.2) is 0 Å². The van der Waals surface area contributed by atoms with E-state index in [0.29, 0.717) is 19.4 Å². The predicted molar refractivity (Wildman–Crippen MR) is 49.5 cm³/mol. The third-order valence-corrected chi connectivity index (χ3v) is 2.32. The fourth-order valence-electron chi connectivity index (χ4n) is 1.30. The van der Waals surface area contributed by atoms with Crippen molar-refractivity contribution in [3.63, 3.8) is 0 Å². The van der Waals surface area contributed by atoms with E-state index in [9.17, 15) is 9.59 Å². The molecule has 1 rings (SSSR count). The van der Waals surface area contributed by atoms with E-state index in [0.717, 1.165) is 0 Å². The SMILES string of the molecule is CCC(=O)OOC(=O)C1(N)CCCN1N. The first kappa shape index (κ1) is 11.9. The molecule has 0 bridgehead atoms. The third-order valence-electron chi connectivity index (χ3n) is 2.32. The molecule has 0 aliphatic carbocycles. The van der Waals surface area contributed by atoms with Gasteiger partial charge < -0.3 is 5.73 Å². The Morgan fingerprint density at radius 2 is 2.13 bits per heavy atom. The summed E-state index contributed by atoms with van der Waals surface area (Å²) in [4.78, 5) is 30.7. The average molecular weight is 217 g/mol. The number of rotatable bonds is 2. The Balaban J connectivity index is 2.49. The number of hydrazine groups is 1. The Hall–Kier alpha value is -1.18. The molecule has 0 amide bonds. The van der Waals surface area contributed by atoms with E-state index in [-0.39, 0.29) is 6.42 Å². The van der Waals surface area contributed by atoms with Crippen molar-refractivity contribution in [2.45, 2.75) is 31.8 Å². The maximum absolute atomic E-state index is 11.5. The molecule has 1 unspecified atom stereocenters. The van der Waals surface area contributed by atoms with E-state index in [1.807, 2.05) is 0 Å². The number of hydrogen-bond donors (Lipinski definition) is 2. The van der Waals surface area contributed by atoms with Gasteiger partial charge in [-0.2, -0.15) is 0 Å². The van der Waals surface area contributed by atoms with Gasteiger partial charge in [-0.1, -0.05) is 6.92 Å². The number of hydrogen-bond acceptors (Lipinski definition) is 7. The molecule has 15 heavy (non-hydrogen) atoms. The molecule has 4 N–H and O–H groups in total. The highest BCUT2D eigenvalue weighted by Crippen LogP contribution is 2.22. The van der Waals surface area contributed by atoms with Crippen LogP contribution >= 0.6 is 0 Å². The van der Waals surface area contributed by atoms with Gasteiger partial charge in [0, 0.05) is 13.0 Å². The number of nitrogens with zero attached hydrogens (tertiary/aromatic N) is 1. The Morgan fingerprint density at radius 3 is 2.60 bits per heavy atom. The second-order valence-corrected chi connectivity index (χ2v) is 3.40. The Kier molecular flexibility index (Phi) is 3.61. The molecule has 86 valence electrons. The van der Waals surface area contributed by atoms with Crippen molar-refractivity contribution in [1.29, 1.82) is 0 Å². The Labute approximate surface area is 87.2 Å². The first-order valence-electron chi connectivity index (χ1n) is 4.73. The van der Waals surface area contributed by atoms with Gasteiger partial charge in [-0.05, 0) is 12.8 Å². The zero-order valence-corrected chi connectivity index (χ0v) is 8.56. The second kappa shape index (κ2) is 4.56. The lowest BCUT2D eigenvalue weighted by molar-refractivity contribution is -0.266. The van der Waals surface area contributed by atoms with Crippen molar-refractivity contribution in [1.82, 2.24) is 5.01 Å². The molecule has 1 aliphatic heterocycles. The lowest BCUT2D eigenvalue weighted by Crippen LogP contribution is -2.61. The summed E-state index contributed by atoms with van der Waals surface area (Å²) < 4.78 is 0. The van der Waals surface area contributed by atoms with Crippen LogP contribution in [0.1, 0.15) is 26.2 Å². The van der Waals surface area contributed by atoms with Crippen LogP contribution in [0.2, 0.25) is 0 Å². The minimum atomic E-state index is -1.38. The van der Waals surface area contributed by atoms with Crippen LogP contribution in [0, 0.1) is 0 Å². The van der Waals surface area contributed by atoms with Crippen molar-refractivity contribution in [2.75, 3.05) is 6.54 Å². The zero-order chi connectivity index (χ0) is 11.5. The Morgan fingerprint density at radius 1 is 1.47 bits per heavy atom. The summed E-state index contributed by atoms with van der Waals surface area (Å²) in [5.74, 6) is 4.05. The summed E-state index contributed by atoms with van der Waals surface area (Å²) in [5.41, 5.74) is 4.33. The largest absolute Gasteiger partial charge is 0.391 e. The van der Waals surface area contributed by atoms with E-state index in [4.69, 9.17) is 11.6 Å². The topological polar surface area (TPSA) is 108 Å². The first-order chi connectivity index (χ1) is 7.00. The van der Waals surface area contributed by atoms with E-state index in [1.54, 1.807) is 6.92 Å². The van der Waals surface area contributed by atoms with Gasteiger partial charge in [-0.15, -0.1) is 0 Å². The van der Waals surface area contributed by atoms with E-state index in [2.05, 4.69) is 9.78 Å². The van der Waals surface area contributed by atoms with Crippen LogP contribution in [-0.4, -0.2) is 29.2 Å². The van der Waals surface area contributed by atoms with Crippen molar-refractivity contribution in [2.24, 2.45) is 11.6 Å². The molecule has 0 aromatic carbocycles. The maximum Gasteiger partial charge on any atom is 0.391 e. The van der Waals surface area contributed by atoms with Crippen LogP contribution in [-0.2, 0) is 19.4 Å². The van der Waals surface area contributed by atoms with E-state index < -0.39 is 17.6 Å². The monoisotopic (exact) mass is 217 g/mol. The normalized spacial score (nSPS) is 26.3. The van der Waals surface area contributed by atoms with Crippen LogP contribution in [0.4, 0.5) is 0 Å². The van der Waals surface area contributed by atoms with E-state index >= 15 is 0 Å².